The van der Waals surface area contributed by atoms with Crippen molar-refractivity contribution in [3.63, 3.8) is 0 Å². The van der Waals surface area contributed by atoms with Gasteiger partial charge in [-0.25, -0.2) is 0 Å². The van der Waals surface area contributed by atoms with Gasteiger partial charge in [0.25, 0.3) is 0 Å². The van der Waals surface area contributed by atoms with E-state index in [2.05, 4.69) is 44.8 Å². The van der Waals surface area contributed by atoms with E-state index >= 15 is 0 Å². The Hall–Kier alpha value is -0.120. The zero-order chi connectivity index (χ0) is 14.8. The summed E-state index contributed by atoms with van der Waals surface area (Å²) >= 11 is 0. The van der Waals surface area contributed by atoms with Crippen LogP contribution in [0.4, 0.5) is 0 Å². The Morgan fingerprint density at radius 2 is 2.10 bits per heavy atom. The largest absolute Gasteiger partial charge is 0.371 e. The molecule has 2 aliphatic rings. The fraction of sp³-hybridized carbons (Fsp3) is 1.00. The molecule has 2 saturated heterocycles. The van der Waals surface area contributed by atoms with Gasteiger partial charge in [-0.05, 0) is 45.4 Å². The van der Waals surface area contributed by atoms with E-state index in [1.54, 1.807) is 0 Å². The molecule has 2 aliphatic heterocycles. The van der Waals surface area contributed by atoms with Crippen molar-refractivity contribution in [2.24, 2.45) is 5.92 Å². The summed E-state index contributed by atoms with van der Waals surface area (Å²) in [7, 11) is 0. The van der Waals surface area contributed by atoms with Crippen LogP contribution < -0.4 is 5.32 Å². The van der Waals surface area contributed by atoms with Gasteiger partial charge in [0.1, 0.15) is 0 Å². The summed E-state index contributed by atoms with van der Waals surface area (Å²) < 4.78 is 6.20. The Bertz CT molecular complexity index is 303. The molecule has 3 heteroatoms. The maximum absolute atomic E-state index is 6.20. The van der Waals surface area contributed by atoms with Gasteiger partial charge < -0.3 is 10.1 Å². The lowest BCUT2D eigenvalue weighted by Gasteiger charge is -2.42. The number of piperazine rings is 1. The summed E-state index contributed by atoms with van der Waals surface area (Å²) in [6.45, 7) is 14.9. The predicted molar refractivity (Wildman–Crippen MR) is 85.1 cm³/mol. The molecule has 0 radical (unpaired) electrons. The molecule has 0 aromatic carbocycles. The fourth-order valence-corrected chi connectivity index (χ4v) is 3.75. The number of hydrogen-bond donors (Lipinski definition) is 1. The zero-order valence-corrected chi connectivity index (χ0v) is 14.1. The fourth-order valence-electron chi connectivity index (χ4n) is 3.75. The average Bonchev–Trinajstić information content (AvgIpc) is 2.68. The van der Waals surface area contributed by atoms with E-state index in [9.17, 15) is 0 Å². The highest BCUT2D eigenvalue weighted by atomic mass is 16.5. The molecule has 1 N–H and O–H groups in total. The van der Waals surface area contributed by atoms with Crippen molar-refractivity contribution in [3.05, 3.63) is 0 Å². The molecule has 3 nitrogen and oxygen atoms in total. The first-order valence-corrected chi connectivity index (χ1v) is 8.55. The molecule has 118 valence electrons. The van der Waals surface area contributed by atoms with Gasteiger partial charge in [-0.3, -0.25) is 4.90 Å². The summed E-state index contributed by atoms with van der Waals surface area (Å²) in [6.07, 6.45) is 5.39. The summed E-state index contributed by atoms with van der Waals surface area (Å²) in [6, 6.07) is 1.35. The number of nitrogens with one attached hydrogen (secondary N) is 1. The molecule has 20 heavy (non-hydrogen) atoms. The van der Waals surface area contributed by atoms with Crippen LogP contribution >= 0.6 is 0 Å². The lowest BCUT2D eigenvalue weighted by atomic mass is 9.98. The van der Waals surface area contributed by atoms with E-state index in [0.29, 0.717) is 18.2 Å². The van der Waals surface area contributed by atoms with Crippen molar-refractivity contribution in [2.75, 3.05) is 19.6 Å². The first-order valence-electron chi connectivity index (χ1n) is 8.55. The maximum Gasteiger partial charge on any atom is 0.0710 e. The van der Waals surface area contributed by atoms with Crippen LogP contribution in [0.3, 0.4) is 0 Å². The van der Waals surface area contributed by atoms with Gasteiger partial charge >= 0.3 is 0 Å². The van der Waals surface area contributed by atoms with Crippen molar-refractivity contribution < 1.29 is 4.74 Å². The van der Waals surface area contributed by atoms with Gasteiger partial charge in [0.05, 0.1) is 11.7 Å². The molecule has 2 heterocycles. The van der Waals surface area contributed by atoms with Crippen LogP contribution in [0.5, 0.6) is 0 Å². The standard InChI is InChI=1S/C17H34N2O/c1-6-15-10-18-14(9-13(2)3)11-19(15)12-16-7-8-17(4,5)20-16/h13-16,18H,6-12H2,1-5H3. The molecule has 0 bridgehead atoms. The minimum atomic E-state index is 0.0950. The smallest absolute Gasteiger partial charge is 0.0710 e. The first kappa shape index (κ1) is 16.3. The topological polar surface area (TPSA) is 24.5 Å². The second kappa shape index (κ2) is 6.76. The summed E-state index contributed by atoms with van der Waals surface area (Å²) in [5.41, 5.74) is 0.0950. The third-order valence-corrected chi connectivity index (χ3v) is 4.83. The molecule has 3 atom stereocenters. The van der Waals surface area contributed by atoms with Crippen LogP contribution in [0, 0.1) is 5.92 Å². The van der Waals surface area contributed by atoms with Crippen molar-refractivity contribution in [1.29, 1.82) is 0 Å². The van der Waals surface area contributed by atoms with E-state index in [-0.39, 0.29) is 5.60 Å². The summed E-state index contributed by atoms with van der Waals surface area (Å²) in [5.74, 6) is 0.772. The van der Waals surface area contributed by atoms with Crippen molar-refractivity contribution >= 4 is 0 Å². The summed E-state index contributed by atoms with van der Waals surface area (Å²) in [5, 5.41) is 3.74. The maximum atomic E-state index is 6.20. The molecule has 3 unspecified atom stereocenters. The van der Waals surface area contributed by atoms with Gasteiger partial charge in [0.15, 0.2) is 0 Å². The van der Waals surface area contributed by atoms with Gasteiger partial charge in [0, 0.05) is 31.7 Å². The third kappa shape index (κ3) is 4.44. The Balaban J connectivity index is 1.88. The molecule has 0 amide bonds. The normalized spacial score (nSPS) is 34.8. The van der Waals surface area contributed by atoms with Gasteiger partial charge in [0.2, 0.25) is 0 Å². The average molecular weight is 282 g/mol. The van der Waals surface area contributed by atoms with Gasteiger partial charge in [-0.1, -0.05) is 20.8 Å². The lowest BCUT2D eigenvalue weighted by Crippen LogP contribution is -2.58. The van der Waals surface area contributed by atoms with Crippen LogP contribution in [0.25, 0.3) is 0 Å². The molecule has 0 aromatic rings. The molecule has 0 spiro atoms. The monoisotopic (exact) mass is 282 g/mol. The second-order valence-corrected chi connectivity index (χ2v) is 7.79. The van der Waals surface area contributed by atoms with Crippen LogP contribution in [0.2, 0.25) is 0 Å². The Morgan fingerprint density at radius 3 is 2.65 bits per heavy atom. The molecular weight excluding hydrogens is 248 g/mol. The Morgan fingerprint density at radius 1 is 1.35 bits per heavy atom. The van der Waals surface area contributed by atoms with Crippen LogP contribution in [-0.2, 0) is 4.74 Å². The molecule has 2 fully saturated rings. The molecule has 2 rings (SSSR count). The number of rotatable bonds is 5. The van der Waals surface area contributed by atoms with E-state index in [1.165, 1.54) is 32.2 Å². The highest BCUT2D eigenvalue weighted by molar-refractivity contribution is 4.89. The van der Waals surface area contributed by atoms with Gasteiger partial charge in [-0.2, -0.15) is 0 Å². The van der Waals surface area contributed by atoms with Gasteiger partial charge in [-0.15, -0.1) is 0 Å². The lowest BCUT2D eigenvalue weighted by molar-refractivity contribution is -0.0391. The van der Waals surface area contributed by atoms with Crippen LogP contribution in [-0.4, -0.2) is 48.3 Å². The minimum absolute atomic E-state index is 0.0950. The minimum Gasteiger partial charge on any atom is -0.371 e. The predicted octanol–water partition coefficient (Wildman–Crippen LogP) is 3.04. The number of ether oxygens (including phenoxy) is 1. The van der Waals surface area contributed by atoms with Crippen LogP contribution in [0.1, 0.15) is 60.3 Å². The van der Waals surface area contributed by atoms with Crippen molar-refractivity contribution in [3.8, 4) is 0 Å². The number of nitrogens with zero attached hydrogens (tertiary/aromatic N) is 1. The quantitative estimate of drug-likeness (QED) is 0.839. The van der Waals surface area contributed by atoms with Crippen LogP contribution in [0.15, 0.2) is 0 Å². The first-order chi connectivity index (χ1) is 9.39. The SMILES string of the molecule is CCC1CNC(CC(C)C)CN1CC1CCC(C)(C)O1. The number of hydrogen-bond acceptors (Lipinski definition) is 3. The molecule has 0 saturated carbocycles. The van der Waals surface area contributed by atoms with Crippen molar-refractivity contribution in [1.82, 2.24) is 10.2 Å². The Labute approximate surface area is 125 Å². The van der Waals surface area contributed by atoms with E-state index in [1.807, 2.05) is 0 Å². The Kier molecular flexibility index (Phi) is 5.49. The molecule has 0 aliphatic carbocycles. The highest BCUT2D eigenvalue weighted by Crippen LogP contribution is 2.30. The molecular formula is C17H34N2O. The second-order valence-electron chi connectivity index (χ2n) is 7.79. The zero-order valence-electron chi connectivity index (χ0n) is 14.1. The van der Waals surface area contributed by atoms with Crippen molar-refractivity contribution in [2.45, 2.75) is 84.1 Å². The van der Waals surface area contributed by atoms with E-state index in [4.69, 9.17) is 4.74 Å². The van der Waals surface area contributed by atoms with E-state index < -0.39 is 0 Å². The third-order valence-electron chi connectivity index (χ3n) is 4.83. The van der Waals surface area contributed by atoms with E-state index in [0.717, 1.165) is 19.0 Å². The summed E-state index contributed by atoms with van der Waals surface area (Å²) in [4.78, 5) is 2.69. The highest BCUT2D eigenvalue weighted by Gasteiger charge is 2.35. The molecule has 0 aromatic heterocycles.